The summed E-state index contributed by atoms with van der Waals surface area (Å²) in [7, 11) is 0. The zero-order valence-electron chi connectivity index (χ0n) is 15.2. The fourth-order valence-corrected chi connectivity index (χ4v) is 2.99. The van der Waals surface area contributed by atoms with Gasteiger partial charge in [0, 0.05) is 35.1 Å². The van der Waals surface area contributed by atoms with Gasteiger partial charge in [-0.3, -0.25) is 9.78 Å². The largest absolute Gasteiger partial charge is 0.481 e. The third kappa shape index (κ3) is 3.74. The van der Waals surface area contributed by atoms with Gasteiger partial charge in [-0.05, 0) is 39.0 Å². The first kappa shape index (κ1) is 17.7. The van der Waals surface area contributed by atoms with Crippen molar-refractivity contribution in [3.8, 4) is 5.75 Å². The zero-order valence-corrected chi connectivity index (χ0v) is 15.2. The second kappa shape index (κ2) is 7.82. The molecule has 26 heavy (non-hydrogen) atoms. The molecule has 2 aromatic heterocycles. The minimum atomic E-state index is -0.321. The molecule has 0 saturated carbocycles. The van der Waals surface area contributed by atoms with E-state index in [9.17, 15) is 4.79 Å². The Bertz CT molecular complexity index is 954. The van der Waals surface area contributed by atoms with Crippen LogP contribution in [0, 0.1) is 13.8 Å². The van der Waals surface area contributed by atoms with Crippen LogP contribution in [0.1, 0.15) is 23.9 Å². The summed E-state index contributed by atoms with van der Waals surface area (Å²) in [6.07, 6.45) is 3.36. The molecule has 0 fully saturated rings. The van der Waals surface area contributed by atoms with Crippen molar-refractivity contribution in [2.45, 2.75) is 27.3 Å². The van der Waals surface area contributed by atoms with E-state index in [1.54, 1.807) is 18.5 Å². The van der Waals surface area contributed by atoms with Crippen LogP contribution >= 0.6 is 0 Å². The van der Waals surface area contributed by atoms with Crippen molar-refractivity contribution in [1.29, 1.82) is 0 Å². The molecule has 0 atom stereocenters. The highest BCUT2D eigenvalue weighted by Crippen LogP contribution is 2.22. The van der Waals surface area contributed by atoms with E-state index in [2.05, 4.69) is 33.9 Å². The van der Waals surface area contributed by atoms with Crippen LogP contribution in [0.15, 0.2) is 47.7 Å². The summed E-state index contributed by atoms with van der Waals surface area (Å²) in [5, 5.41) is 5.00. The molecule has 2 heterocycles. The van der Waals surface area contributed by atoms with Gasteiger partial charge in [-0.2, -0.15) is 5.10 Å². The SMILES string of the molecule is CCn1c(C)cc(/C=N\NC(=O)COc2cccc3cccnc23)c1C. The van der Waals surface area contributed by atoms with Gasteiger partial charge in [-0.1, -0.05) is 18.2 Å². The molecule has 6 nitrogen and oxygen atoms in total. The van der Waals surface area contributed by atoms with Crippen LogP contribution in [0.3, 0.4) is 0 Å². The van der Waals surface area contributed by atoms with Gasteiger partial charge in [0.15, 0.2) is 6.61 Å². The van der Waals surface area contributed by atoms with Crippen molar-refractivity contribution in [2.24, 2.45) is 5.10 Å². The lowest BCUT2D eigenvalue weighted by Crippen LogP contribution is -2.24. The van der Waals surface area contributed by atoms with Gasteiger partial charge in [-0.25, -0.2) is 5.43 Å². The number of aryl methyl sites for hydroxylation is 1. The molecule has 3 rings (SSSR count). The molecule has 0 bridgehead atoms. The summed E-state index contributed by atoms with van der Waals surface area (Å²) >= 11 is 0. The maximum absolute atomic E-state index is 12.0. The molecule has 0 radical (unpaired) electrons. The third-order valence-electron chi connectivity index (χ3n) is 4.28. The van der Waals surface area contributed by atoms with Crippen LogP contribution in [0.2, 0.25) is 0 Å². The van der Waals surface area contributed by atoms with Crippen molar-refractivity contribution in [1.82, 2.24) is 15.0 Å². The number of benzene rings is 1. The molecule has 6 heteroatoms. The summed E-state index contributed by atoms with van der Waals surface area (Å²) in [5.41, 5.74) is 6.52. The van der Waals surface area contributed by atoms with Crippen LogP contribution in [-0.4, -0.2) is 28.3 Å². The Morgan fingerprint density at radius 3 is 2.88 bits per heavy atom. The van der Waals surface area contributed by atoms with Crippen LogP contribution in [0.4, 0.5) is 0 Å². The van der Waals surface area contributed by atoms with Crippen LogP contribution in [0.5, 0.6) is 5.75 Å². The molecule has 0 spiro atoms. The number of carbonyl (C=O) groups excluding carboxylic acids is 1. The van der Waals surface area contributed by atoms with Crippen LogP contribution in [0.25, 0.3) is 10.9 Å². The number of amides is 1. The minimum absolute atomic E-state index is 0.124. The quantitative estimate of drug-likeness (QED) is 0.548. The molecule has 0 unspecified atom stereocenters. The Morgan fingerprint density at radius 2 is 2.12 bits per heavy atom. The predicted molar refractivity (Wildman–Crippen MR) is 103 cm³/mol. The summed E-state index contributed by atoms with van der Waals surface area (Å²) in [6.45, 7) is 6.97. The number of fused-ring (bicyclic) bond motifs is 1. The van der Waals surface area contributed by atoms with Gasteiger partial charge >= 0.3 is 0 Å². The predicted octanol–water partition coefficient (Wildman–Crippen LogP) is 3.20. The minimum Gasteiger partial charge on any atom is -0.481 e. The van der Waals surface area contributed by atoms with Crippen molar-refractivity contribution in [2.75, 3.05) is 6.61 Å². The highest BCUT2D eigenvalue weighted by Gasteiger charge is 2.07. The average Bonchev–Trinajstić information content (AvgIpc) is 2.92. The third-order valence-corrected chi connectivity index (χ3v) is 4.28. The standard InChI is InChI=1S/C20H22N4O2/c1-4-24-14(2)11-17(15(24)3)12-22-23-19(25)13-26-18-9-5-7-16-8-6-10-21-20(16)18/h5-12H,4,13H2,1-3H3,(H,23,25)/b22-12-. The number of aromatic nitrogens is 2. The number of nitrogens with zero attached hydrogens (tertiary/aromatic N) is 3. The van der Waals surface area contributed by atoms with E-state index in [0.717, 1.165) is 28.7 Å². The molecule has 0 aliphatic rings. The lowest BCUT2D eigenvalue weighted by molar-refractivity contribution is -0.123. The molecule has 1 amide bonds. The average molecular weight is 350 g/mol. The molecule has 3 aromatic rings. The maximum atomic E-state index is 12.0. The van der Waals surface area contributed by atoms with Gasteiger partial charge in [0.05, 0.1) is 6.21 Å². The zero-order chi connectivity index (χ0) is 18.5. The molecule has 0 aliphatic heterocycles. The van der Waals surface area contributed by atoms with Crippen molar-refractivity contribution >= 4 is 23.0 Å². The Labute approximate surface area is 152 Å². The van der Waals surface area contributed by atoms with Gasteiger partial charge in [0.1, 0.15) is 11.3 Å². The highest BCUT2D eigenvalue weighted by atomic mass is 16.5. The number of ether oxygens (including phenoxy) is 1. The Kier molecular flexibility index (Phi) is 5.31. The topological polar surface area (TPSA) is 68.5 Å². The number of hydrogen-bond acceptors (Lipinski definition) is 4. The summed E-state index contributed by atoms with van der Waals surface area (Å²) in [5.74, 6) is 0.257. The van der Waals surface area contributed by atoms with E-state index in [0.29, 0.717) is 5.75 Å². The smallest absolute Gasteiger partial charge is 0.277 e. The van der Waals surface area contributed by atoms with E-state index >= 15 is 0 Å². The Hall–Kier alpha value is -3.15. The number of pyridine rings is 1. The number of para-hydroxylation sites is 1. The summed E-state index contributed by atoms with van der Waals surface area (Å²) in [4.78, 5) is 16.3. The summed E-state index contributed by atoms with van der Waals surface area (Å²) in [6, 6.07) is 11.5. The van der Waals surface area contributed by atoms with Crippen molar-refractivity contribution in [3.05, 3.63) is 59.5 Å². The number of nitrogens with one attached hydrogen (secondary N) is 1. The Morgan fingerprint density at radius 1 is 1.31 bits per heavy atom. The van der Waals surface area contributed by atoms with E-state index in [1.807, 2.05) is 37.3 Å². The molecule has 0 aliphatic carbocycles. The van der Waals surface area contributed by atoms with E-state index in [4.69, 9.17) is 4.74 Å². The van der Waals surface area contributed by atoms with Crippen molar-refractivity contribution < 1.29 is 9.53 Å². The monoisotopic (exact) mass is 350 g/mol. The molecule has 1 aromatic carbocycles. The van der Waals surface area contributed by atoms with Gasteiger partial charge in [0.2, 0.25) is 0 Å². The first-order valence-electron chi connectivity index (χ1n) is 8.55. The maximum Gasteiger partial charge on any atom is 0.277 e. The molecular formula is C20H22N4O2. The number of hydrogen-bond donors (Lipinski definition) is 1. The number of rotatable bonds is 6. The molecular weight excluding hydrogens is 328 g/mol. The van der Waals surface area contributed by atoms with E-state index in [-0.39, 0.29) is 12.5 Å². The fraction of sp³-hybridized carbons (Fsp3) is 0.250. The molecule has 1 N–H and O–H groups in total. The van der Waals surface area contributed by atoms with Gasteiger partial charge in [-0.15, -0.1) is 0 Å². The summed E-state index contributed by atoms with van der Waals surface area (Å²) < 4.78 is 7.79. The molecule has 134 valence electrons. The van der Waals surface area contributed by atoms with Crippen LogP contribution in [-0.2, 0) is 11.3 Å². The van der Waals surface area contributed by atoms with Gasteiger partial charge in [0.25, 0.3) is 5.91 Å². The normalized spacial score (nSPS) is 11.2. The first-order chi connectivity index (χ1) is 12.6. The molecule has 0 saturated heterocycles. The van der Waals surface area contributed by atoms with Gasteiger partial charge < -0.3 is 9.30 Å². The first-order valence-corrected chi connectivity index (χ1v) is 8.55. The van der Waals surface area contributed by atoms with E-state index in [1.165, 1.54) is 5.69 Å². The van der Waals surface area contributed by atoms with E-state index < -0.39 is 0 Å². The fourth-order valence-electron chi connectivity index (χ4n) is 2.99. The highest BCUT2D eigenvalue weighted by molar-refractivity contribution is 5.86. The second-order valence-electron chi connectivity index (χ2n) is 5.98. The lowest BCUT2D eigenvalue weighted by Gasteiger charge is -2.07. The lowest BCUT2D eigenvalue weighted by atomic mass is 10.2. The van der Waals surface area contributed by atoms with Crippen LogP contribution < -0.4 is 10.2 Å². The number of carbonyl (C=O) groups is 1. The van der Waals surface area contributed by atoms with Crippen molar-refractivity contribution in [3.63, 3.8) is 0 Å². The number of hydrazone groups is 1. The second-order valence-corrected chi connectivity index (χ2v) is 5.98. The Balaban J connectivity index is 1.59.